The molecular weight excluding hydrogens is 920 g/mol. The van der Waals surface area contributed by atoms with Crippen molar-refractivity contribution in [2.24, 2.45) is 11.8 Å². The van der Waals surface area contributed by atoms with Crippen LogP contribution in [0.2, 0.25) is 0 Å². The predicted octanol–water partition coefficient (Wildman–Crippen LogP) is 13.4. The Morgan fingerprint density at radius 2 is 0.757 bits per heavy atom. The SMILES string of the molecule is CC[C@H]1OC(Cl)(C(F)(F)c2ccccc2)[C@H](OCc2ccccc2)[C@@H](OCc2ccccc2)[C@@H]1C.CC[C@H]1O[C@@](O)(C(F)(F)c2ccccc2)[C@H](OCc2ccccc2)[C@@H](OCc2ccccc2)[C@@H]1C. The number of alkyl halides is 5. The number of benzene rings is 6. The van der Waals surface area contributed by atoms with Gasteiger partial charge in [-0.25, -0.2) is 0 Å². The third kappa shape index (κ3) is 11.9. The number of aliphatic hydroxyl groups is 1. The molecule has 70 heavy (non-hydrogen) atoms. The third-order valence-electron chi connectivity index (χ3n) is 13.3. The van der Waals surface area contributed by atoms with Crippen LogP contribution in [0.3, 0.4) is 0 Å². The Kier molecular flexibility index (Phi) is 18.1. The molecule has 0 bridgehead atoms. The highest BCUT2D eigenvalue weighted by Crippen LogP contribution is 2.54. The van der Waals surface area contributed by atoms with Crippen LogP contribution in [0.5, 0.6) is 0 Å². The highest BCUT2D eigenvalue weighted by molar-refractivity contribution is 6.24. The molecule has 1 N–H and O–H groups in total. The molecule has 2 fully saturated rings. The molecule has 10 atom stereocenters. The zero-order valence-corrected chi connectivity index (χ0v) is 40.7. The van der Waals surface area contributed by atoms with Crippen LogP contribution in [0, 0.1) is 11.8 Å². The highest BCUT2D eigenvalue weighted by atomic mass is 35.5. The van der Waals surface area contributed by atoms with Gasteiger partial charge in [0, 0.05) is 23.0 Å². The summed E-state index contributed by atoms with van der Waals surface area (Å²) in [6, 6.07) is 52.6. The molecule has 0 aromatic heterocycles. The molecule has 2 aliphatic rings. The molecule has 0 radical (unpaired) electrons. The molecule has 2 heterocycles. The van der Waals surface area contributed by atoms with E-state index in [1.54, 1.807) is 24.3 Å². The minimum Gasteiger partial charge on any atom is -0.370 e. The first-order chi connectivity index (χ1) is 33.7. The van der Waals surface area contributed by atoms with Gasteiger partial charge in [0.1, 0.15) is 12.2 Å². The first-order valence-corrected chi connectivity index (χ1v) is 24.4. The lowest BCUT2D eigenvalue weighted by Gasteiger charge is -2.52. The highest BCUT2D eigenvalue weighted by Gasteiger charge is 2.68. The van der Waals surface area contributed by atoms with E-state index in [0.29, 0.717) is 12.8 Å². The smallest absolute Gasteiger partial charge is 0.328 e. The number of ether oxygens (including phenoxy) is 6. The van der Waals surface area contributed by atoms with Crippen LogP contribution in [-0.2, 0) is 66.7 Å². The van der Waals surface area contributed by atoms with E-state index >= 15 is 17.6 Å². The largest absolute Gasteiger partial charge is 0.370 e. The van der Waals surface area contributed by atoms with Crippen LogP contribution in [0.25, 0.3) is 0 Å². The summed E-state index contributed by atoms with van der Waals surface area (Å²) in [5.41, 5.74) is 2.92. The Balaban J connectivity index is 0.000000206. The second-order valence-corrected chi connectivity index (χ2v) is 18.6. The lowest BCUT2D eigenvalue weighted by molar-refractivity contribution is -0.419. The van der Waals surface area contributed by atoms with Crippen molar-refractivity contribution in [3.63, 3.8) is 0 Å². The predicted molar refractivity (Wildman–Crippen MR) is 263 cm³/mol. The quantitative estimate of drug-likeness (QED) is 0.0679. The van der Waals surface area contributed by atoms with Crippen molar-refractivity contribution in [1.29, 1.82) is 0 Å². The van der Waals surface area contributed by atoms with Gasteiger partial charge in [0.05, 0.1) is 50.8 Å². The fourth-order valence-corrected chi connectivity index (χ4v) is 9.68. The number of rotatable bonds is 18. The molecule has 0 saturated carbocycles. The molecule has 1 unspecified atom stereocenters. The number of hydrogen-bond acceptors (Lipinski definition) is 7. The van der Waals surface area contributed by atoms with Crippen LogP contribution < -0.4 is 0 Å². The Morgan fingerprint density at radius 1 is 0.457 bits per heavy atom. The van der Waals surface area contributed by atoms with Crippen molar-refractivity contribution in [2.45, 2.75) is 126 Å². The van der Waals surface area contributed by atoms with Crippen LogP contribution in [0.4, 0.5) is 17.6 Å². The second kappa shape index (κ2) is 24.0. The van der Waals surface area contributed by atoms with Gasteiger partial charge in [0.2, 0.25) is 5.06 Å². The van der Waals surface area contributed by atoms with Gasteiger partial charge in [-0.1, -0.05) is 221 Å². The minimum absolute atomic E-state index is 0.0246. The number of hydrogen-bond donors (Lipinski definition) is 1. The van der Waals surface area contributed by atoms with Crippen molar-refractivity contribution in [2.75, 3.05) is 0 Å². The molecule has 372 valence electrons. The Labute approximate surface area is 414 Å². The molecule has 0 spiro atoms. The molecule has 0 amide bonds. The summed E-state index contributed by atoms with van der Waals surface area (Å²) in [5.74, 6) is -10.7. The summed E-state index contributed by atoms with van der Waals surface area (Å²) in [5, 5.41) is 9.24. The van der Waals surface area contributed by atoms with Crippen LogP contribution in [0.15, 0.2) is 182 Å². The first kappa shape index (κ1) is 52.9. The van der Waals surface area contributed by atoms with E-state index < -0.39 is 59.3 Å². The summed E-state index contributed by atoms with van der Waals surface area (Å²) in [7, 11) is 0. The van der Waals surface area contributed by atoms with Crippen LogP contribution in [-0.4, -0.2) is 52.6 Å². The molecule has 0 aliphatic carbocycles. The van der Waals surface area contributed by atoms with E-state index in [-0.39, 0.29) is 49.4 Å². The van der Waals surface area contributed by atoms with Gasteiger partial charge >= 0.3 is 11.8 Å². The van der Waals surface area contributed by atoms with Gasteiger partial charge < -0.3 is 33.5 Å². The fraction of sp³-hybridized carbons (Fsp3) is 0.379. The molecule has 6 aromatic rings. The zero-order valence-electron chi connectivity index (χ0n) is 40.0. The number of halogens is 5. The van der Waals surface area contributed by atoms with E-state index in [0.717, 1.165) is 22.3 Å². The van der Waals surface area contributed by atoms with Gasteiger partial charge in [-0.2, -0.15) is 17.6 Å². The van der Waals surface area contributed by atoms with E-state index in [1.807, 2.05) is 149 Å². The maximum Gasteiger partial charge on any atom is 0.328 e. The summed E-state index contributed by atoms with van der Waals surface area (Å²) >= 11 is 6.87. The molecule has 7 nitrogen and oxygen atoms in total. The maximum absolute atomic E-state index is 16.2. The monoisotopic (exact) mass is 982 g/mol. The summed E-state index contributed by atoms with van der Waals surface area (Å²) in [4.78, 5) is 0. The molecule has 8 rings (SSSR count). The average Bonchev–Trinajstić information content (AvgIpc) is 3.40. The summed E-state index contributed by atoms with van der Waals surface area (Å²) in [6.07, 6.45) is -4.46. The first-order valence-electron chi connectivity index (χ1n) is 24.0. The fourth-order valence-electron chi connectivity index (χ4n) is 9.26. The molecule has 2 saturated heterocycles. The second-order valence-electron chi connectivity index (χ2n) is 18.0. The van der Waals surface area contributed by atoms with Gasteiger partial charge in [0.25, 0.3) is 5.79 Å². The van der Waals surface area contributed by atoms with Gasteiger partial charge in [-0.3, -0.25) is 0 Å². The molecular formula is C58H63ClF4O7. The standard InChI is InChI=1S/C29H31ClF2O3.C29H32F2O4/c1-3-25-21(2)26(33-19-22-13-7-4-8-14-22)27(34-20-23-15-9-5-10-16-23)28(30,35-25)29(31,32)24-17-11-6-12-18-24;1-3-25-21(2)26(33-19-22-13-7-4-8-14-22)27(34-20-23-15-9-5-10-16-23)29(32,35-25)28(30,31)24-17-11-6-12-18-24/h4-18,21,25-27H,3,19-20H2,1-2H3;4-18,21,25-27,32H,3,19-20H2,1-2H3/t21-,25-,26+,27-,28?;21-,25-,26+,27-,29-/m11/s1. The van der Waals surface area contributed by atoms with E-state index in [4.69, 9.17) is 40.0 Å². The van der Waals surface area contributed by atoms with E-state index in [1.165, 1.54) is 36.4 Å². The lowest BCUT2D eigenvalue weighted by Crippen LogP contribution is -2.68. The third-order valence-corrected chi connectivity index (χ3v) is 13.8. The maximum atomic E-state index is 16.2. The molecule has 12 heteroatoms. The van der Waals surface area contributed by atoms with Crippen molar-refractivity contribution in [3.8, 4) is 0 Å². The van der Waals surface area contributed by atoms with Crippen molar-refractivity contribution < 1.29 is 51.1 Å². The minimum atomic E-state index is -3.75. The Hall–Kier alpha value is -4.95. The Bertz CT molecular complexity index is 2270. The molecule has 6 aromatic carbocycles. The zero-order chi connectivity index (χ0) is 49.8. The summed E-state index contributed by atoms with van der Waals surface area (Å²) < 4.78 is 101. The van der Waals surface area contributed by atoms with Crippen LogP contribution in [0.1, 0.15) is 73.9 Å². The van der Waals surface area contributed by atoms with E-state index in [2.05, 4.69) is 0 Å². The van der Waals surface area contributed by atoms with Crippen molar-refractivity contribution in [1.82, 2.24) is 0 Å². The van der Waals surface area contributed by atoms with Gasteiger partial charge in [0.15, 0.2) is 0 Å². The van der Waals surface area contributed by atoms with Gasteiger partial charge in [-0.05, 0) is 35.1 Å². The Morgan fingerprint density at radius 3 is 1.13 bits per heavy atom. The lowest BCUT2D eigenvalue weighted by atomic mass is 9.81. The van der Waals surface area contributed by atoms with Crippen molar-refractivity contribution in [3.05, 3.63) is 215 Å². The normalized spacial score (nSPS) is 27.0. The van der Waals surface area contributed by atoms with E-state index in [9.17, 15) is 5.11 Å². The summed E-state index contributed by atoms with van der Waals surface area (Å²) in [6.45, 7) is 8.16. The van der Waals surface area contributed by atoms with Gasteiger partial charge in [-0.15, -0.1) is 0 Å². The average molecular weight is 984 g/mol. The van der Waals surface area contributed by atoms with Crippen molar-refractivity contribution >= 4 is 11.6 Å². The molecule has 2 aliphatic heterocycles. The topological polar surface area (TPSA) is 75.6 Å². The van der Waals surface area contributed by atoms with Crippen LogP contribution >= 0.6 is 11.6 Å².